The van der Waals surface area contributed by atoms with Crippen LogP contribution >= 0.6 is 12.4 Å². The van der Waals surface area contributed by atoms with Crippen LogP contribution in [0.2, 0.25) is 0 Å². The zero-order chi connectivity index (χ0) is 26.8. The lowest BCUT2D eigenvalue weighted by Crippen LogP contribution is -2.36. The molecule has 0 spiro atoms. The number of hydrogen-bond acceptors (Lipinski definition) is 5. The number of sulfone groups is 1. The fraction of sp³-hybridized carbons (Fsp3) is 0.333. The normalized spacial score (nSPS) is 17.5. The SMILES string of the molecule is Cl.O=C1CC(c2ccccc2)NCCCCN(C(=O)c2ccccc2S(=O)(=O)Cc2ccccc2)CCCN1. The quantitative estimate of drug-likeness (QED) is 0.470. The summed E-state index contributed by atoms with van der Waals surface area (Å²) in [6, 6.07) is 25.3. The van der Waals surface area contributed by atoms with Gasteiger partial charge in [0.1, 0.15) is 0 Å². The van der Waals surface area contributed by atoms with Crippen LogP contribution in [0, 0.1) is 0 Å². The monoisotopic (exact) mass is 569 g/mol. The highest BCUT2D eigenvalue weighted by Crippen LogP contribution is 2.23. The molecule has 1 aliphatic rings. The number of hydrogen-bond donors (Lipinski definition) is 2. The van der Waals surface area contributed by atoms with Crippen LogP contribution in [0.3, 0.4) is 0 Å². The van der Waals surface area contributed by atoms with Crippen LogP contribution in [0.15, 0.2) is 89.8 Å². The second-order valence-corrected chi connectivity index (χ2v) is 11.5. The van der Waals surface area contributed by atoms with Crippen molar-refractivity contribution in [1.82, 2.24) is 15.5 Å². The minimum Gasteiger partial charge on any atom is -0.356 e. The van der Waals surface area contributed by atoms with E-state index in [0.717, 1.165) is 18.4 Å². The molecule has 0 saturated carbocycles. The van der Waals surface area contributed by atoms with Crippen LogP contribution in [0.25, 0.3) is 0 Å². The van der Waals surface area contributed by atoms with Gasteiger partial charge in [0, 0.05) is 32.1 Å². The van der Waals surface area contributed by atoms with E-state index in [1.165, 1.54) is 6.07 Å². The molecule has 2 amide bonds. The summed E-state index contributed by atoms with van der Waals surface area (Å²) in [5.41, 5.74) is 1.94. The molecular formula is C30H36ClN3O4S. The summed E-state index contributed by atoms with van der Waals surface area (Å²) in [5.74, 6) is -0.507. The summed E-state index contributed by atoms with van der Waals surface area (Å²) in [5, 5.41) is 6.46. The second-order valence-electron chi connectivity index (χ2n) is 9.57. The van der Waals surface area contributed by atoms with Crippen LogP contribution in [-0.2, 0) is 20.4 Å². The van der Waals surface area contributed by atoms with Crippen molar-refractivity contribution in [2.75, 3.05) is 26.2 Å². The molecular weight excluding hydrogens is 534 g/mol. The van der Waals surface area contributed by atoms with Crippen LogP contribution in [-0.4, -0.2) is 51.3 Å². The number of rotatable bonds is 5. The average Bonchev–Trinajstić information content (AvgIpc) is 2.95. The van der Waals surface area contributed by atoms with Crippen molar-refractivity contribution in [2.45, 2.75) is 42.4 Å². The Balaban J connectivity index is 0.00000420. The van der Waals surface area contributed by atoms with Gasteiger partial charge in [-0.1, -0.05) is 72.8 Å². The third kappa shape index (κ3) is 8.65. The number of nitrogens with one attached hydrogen (secondary N) is 2. The van der Waals surface area contributed by atoms with Crippen molar-refractivity contribution in [3.63, 3.8) is 0 Å². The molecule has 4 rings (SSSR count). The van der Waals surface area contributed by atoms with E-state index in [-0.39, 0.29) is 46.5 Å². The van der Waals surface area contributed by atoms with Crippen molar-refractivity contribution in [2.24, 2.45) is 0 Å². The molecule has 3 aromatic rings. The Kier molecular flexibility index (Phi) is 11.5. The summed E-state index contributed by atoms with van der Waals surface area (Å²) in [6.45, 7) is 2.09. The Labute approximate surface area is 237 Å². The van der Waals surface area contributed by atoms with Crippen molar-refractivity contribution >= 4 is 34.1 Å². The molecule has 0 radical (unpaired) electrons. The molecule has 9 heteroatoms. The Bertz CT molecular complexity index is 1320. The maximum atomic E-state index is 13.7. The van der Waals surface area contributed by atoms with Gasteiger partial charge in [-0.2, -0.15) is 0 Å². The number of benzene rings is 3. The van der Waals surface area contributed by atoms with Gasteiger partial charge in [-0.3, -0.25) is 9.59 Å². The summed E-state index contributed by atoms with van der Waals surface area (Å²) < 4.78 is 26.6. The summed E-state index contributed by atoms with van der Waals surface area (Å²) in [6.07, 6.45) is 2.52. The molecule has 1 saturated heterocycles. The Morgan fingerprint density at radius 3 is 2.21 bits per heavy atom. The van der Waals surface area contributed by atoms with E-state index in [1.54, 1.807) is 47.4 Å². The summed E-state index contributed by atoms with van der Waals surface area (Å²) >= 11 is 0. The Hall–Kier alpha value is -3.20. The molecule has 7 nitrogen and oxygen atoms in total. The largest absolute Gasteiger partial charge is 0.356 e. The van der Waals surface area contributed by atoms with Gasteiger partial charge in [0.2, 0.25) is 5.91 Å². The van der Waals surface area contributed by atoms with E-state index in [2.05, 4.69) is 10.6 Å². The number of carbonyl (C=O) groups is 2. The van der Waals surface area contributed by atoms with Crippen molar-refractivity contribution in [3.05, 3.63) is 102 Å². The van der Waals surface area contributed by atoms with E-state index in [4.69, 9.17) is 0 Å². The predicted molar refractivity (Wildman–Crippen MR) is 156 cm³/mol. The van der Waals surface area contributed by atoms with E-state index in [1.807, 2.05) is 36.4 Å². The minimum atomic E-state index is -3.73. The van der Waals surface area contributed by atoms with Gasteiger partial charge in [0.05, 0.1) is 16.2 Å². The van der Waals surface area contributed by atoms with Crippen LogP contribution < -0.4 is 10.6 Å². The highest BCUT2D eigenvalue weighted by molar-refractivity contribution is 7.90. The zero-order valence-corrected chi connectivity index (χ0v) is 23.6. The first-order valence-electron chi connectivity index (χ1n) is 13.1. The molecule has 2 N–H and O–H groups in total. The van der Waals surface area contributed by atoms with Crippen LogP contribution in [0.5, 0.6) is 0 Å². The molecule has 0 aliphatic carbocycles. The van der Waals surface area contributed by atoms with Gasteiger partial charge in [-0.25, -0.2) is 8.42 Å². The third-order valence-corrected chi connectivity index (χ3v) is 8.44. The van der Waals surface area contributed by atoms with E-state index in [9.17, 15) is 18.0 Å². The van der Waals surface area contributed by atoms with Gasteiger partial charge in [0.25, 0.3) is 5.91 Å². The first kappa shape index (κ1) is 30.3. The molecule has 0 bridgehead atoms. The summed E-state index contributed by atoms with van der Waals surface area (Å²) in [7, 11) is -3.73. The second kappa shape index (κ2) is 14.8. The number of halogens is 1. The summed E-state index contributed by atoms with van der Waals surface area (Å²) in [4.78, 5) is 28.0. The van der Waals surface area contributed by atoms with Crippen molar-refractivity contribution < 1.29 is 18.0 Å². The minimum absolute atomic E-state index is 0. The van der Waals surface area contributed by atoms with Gasteiger partial charge in [0.15, 0.2) is 9.84 Å². The molecule has 1 heterocycles. The molecule has 1 unspecified atom stereocenters. The molecule has 208 valence electrons. The lowest BCUT2D eigenvalue weighted by molar-refractivity contribution is -0.121. The fourth-order valence-corrected chi connectivity index (χ4v) is 6.29. The molecule has 1 aliphatic heterocycles. The van der Waals surface area contributed by atoms with Gasteiger partial charge >= 0.3 is 0 Å². The number of amides is 2. The van der Waals surface area contributed by atoms with Crippen LogP contribution in [0.4, 0.5) is 0 Å². The molecule has 39 heavy (non-hydrogen) atoms. The Morgan fingerprint density at radius 1 is 0.821 bits per heavy atom. The van der Waals surface area contributed by atoms with Gasteiger partial charge < -0.3 is 15.5 Å². The highest BCUT2D eigenvalue weighted by Gasteiger charge is 2.26. The maximum Gasteiger partial charge on any atom is 0.255 e. The lowest BCUT2D eigenvalue weighted by Gasteiger charge is -2.24. The molecule has 0 aromatic heterocycles. The number of nitrogens with zero attached hydrogens (tertiary/aromatic N) is 1. The molecule has 3 aromatic carbocycles. The topological polar surface area (TPSA) is 95.6 Å². The first-order chi connectivity index (χ1) is 18.4. The number of carbonyl (C=O) groups excluding carboxylic acids is 2. The maximum absolute atomic E-state index is 13.7. The van der Waals surface area contributed by atoms with E-state index in [0.29, 0.717) is 44.6 Å². The third-order valence-electron chi connectivity index (χ3n) is 6.70. The zero-order valence-electron chi connectivity index (χ0n) is 21.9. The lowest BCUT2D eigenvalue weighted by atomic mass is 10.0. The van der Waals surface area contributed by atoms with Gasteiger partial charge in [-0.05, 0) is 49.1 Å². The smallest absolute Gasteiger partial charge is 0.255 e. The average molecular weight is 570 g/mol. The fourth-order valence-electron chi connectivity index (χ4n) is 4.72. The standard InChI is InChI=1S/C30H35N3O4S.ClH/c34-29-22-27(25-14-5-2-6-15-25)31-18-9-10-20-33(21-11-19-32-29)30(35)26-16-7-8-17-28(26)38(36,37)23-24-12-3-1-4-13-24;/h1-8,12-17,27,31H,9-11,18-23H2,(H,32,34);1H. The first-order valence-corrected chi connectivity index (χ1v) is 14.8. The highest BCUT2D eigenvalue weighted by atomic mass is 35.5. The van der Waals surface area contributed by atoms with Gasteiger partial charge in [-0.15, -0.1) is 12.4 Å². The van der Waals surface area contributed by atoms with Crippen molar-refractivity contribution in [3.8, 4) is 0 Å². The van der Waals surface area contributed by atoms with E-state index >= 15 is 0 Å². The van der Waals surface area contributed by atoms with Crippen LogP contribution in [0.1, 0.15) is 53.2 Å². The predicted octanol–water partition coefficient (Wildman–Crippen LogP) is 4.55. The van der Waals surface area contributed by atoms with Crippen molar-refractivity contribution in [1.29, 1.82) is 0 Å². The van der Waals surface area contributed by atoms with E-state index < -0.39 is 9.84 Å². The Morgan fingerprint density at radius 2 is 1.46 bits per heavy atom. The molecule has 1 atom stereocenters. The molecule has 1 fully saturated rings.